The molecule has 0 fully saturated rings. The molecule has 1 atom stereocenters. The van der Waals surface area contributed by atoms with Gasteiger partial charge < -0.3 is 10.4 Å². The molecule has 100 valence electrons. The fourth-order valence-corrected chi connectivity index (χ4v) is 2.02. The highest BCUT2D eigenvalue weighted by molar-refractivity contribution is 5.94. The zero-order valence-corrected chi connectivity index (χ0v) is 11.3. The number of Topliss-reactive ketones (excluding diaryl/α,β-unsaturated/α-hetero) is 1. The molecule has 0 saturated heterocycles. The second-order valence-corrected chi connectivity index (χ2v) is 4.68. The standard InChI is InChI=1S/C15H23NO2/c1-3-4-13(9-10-17)11-16-15-7-5-14(6-8-15)12(2)18/h5-8,13,16-17H,3-4,9-11H2,1-2H3. The molecule has 3 heteroatoms. The molecule has 1 aromatic rings. The fraction of sp³-hybridized carbons (Fsp3) is 0.533. The van der Waals surface area contributed by atoms with Crippen LogP contribution in [0.15, 0.2) is 24.3 Å². The van der Waals surface area contributed by atoms with Crippen molar-refractivity contribution in [2.75, 3.05) is 18.5 Å². The van der Waals surface area contributed by atoms with E-state index < -0.39 is 0 Å². The monoisotopic (exact) mass is 249 g/mol. The normalized spacial score (nSPS) is 12.2. The molecule has 1 unspecified atom stereocenters. The van der Waals surface area contributed by atoms with E-state index in [0.29, 0.717) is 5.92 Å². The van der Waals surface area contributed by atoms with Crippen molar-refractivity contribution < 1.29 is 9.90 Å². The lowest BCUT2D eigenvalue weighted by Gasteiger charge is -2.16. The van der Waals surface area contributed by atoms with Gasteiger partial charge in [0.1, 0.15) is 0 Å². The average Bonchev–Trinajstić information content (AvgIpc) is 2.37. The number of aliphatic hydroxyl groups excluding tert-OH is 1. The molecule has 18 heavy (non-hydrogen) atoms. The summed E-state index contributed by atoms with van der Waals surface area (Å²) in [4.78, 5) is 11.1. The van der Waals surface area contributed by atoms with Gasteiger partial charge in [-0.1, -0.05) is 13.3 Å². The van der Waals surface area contributed by atoms with Crippen molar-refractivity contribution in [3.05, 3.63) is 29.8 Å². The van der Waals surface area contributed by atoms with Crippen LogP contribution in [0.3, 0.4) is 0 Å². The first kappa shape index (κ1) is 14.7. The summed E-state index contributed by atoms with van der Waals surface area (Å²) in [7, 11) is 0. The third-order valence-corrected chi connectivity index (χ3v) is 3.12. The molecule has 0 aromatic heterocycles. The van der Waals surface area contributed by atoms with E-state index in [0.717, 1.165) is 37.1 Å². The molecule has 2 N–H and O–H groups in total. The van der Waals surface area contributed by atoms with E-state index in [1.807, 2.05) is 24.3 Å². The molecule has 0 bridgehead atoms. The maximum atomic E-state index is 11.1. The largest absolute Gasteiger partial charge is 0.396 e. The molecule has 0 saturated carbocycles. The number of carbonyl (C=O) groups is 1. The molecule has 0 radical (unpaired) electrons. The van der Waals surface area contributed by atoms with Crippen molar-refractivity contribution in [1.29, 1.82) is 0 Å². The van der Waals surface area contributed by atoms with Crippen molar-refractivity contribution in [2.45, 2.75) is 33.1 Å². The SMILES string of the molecule is CCCC(CCO)CNc1ccc(C(C)=O)cc1. The van der Waals surface area contributed by atoms with Gasteiger partial charge in [-0.05, 0) is 49.9 Å². The minimum atomic E-state index is 0.0886. The Hall–Kier alpha value is -1.35. The molecule has 0 heterocycles. The predicted molar refractivity (Wildman–Crippen MR) is 75.0 cm³/mol. The van der Waals surface area contributed by atoms with Gasteiger partial charge in [0.15, 0.2) is 5.78 Å². The number of hydrogen-bond acceptors (Lipinski definition) is 3. The Morgan fingerprint density at radius 2 is 1.94 bits per heavy atom. The van der Waals surface area contributed by atoms with Gasteiger partial charge in [0.05, 0.1) is 0 Å². The summed E-state index contributed by atoms with van der Waals surface area (Å²) in [6.45, 7) is 4.84. The first-order chi connectivity index (χ1) is 8.67. The van der Waals surface area contributed by atoms with Gasteiger partial charge in [0, 0.05) is 24.4 Å². The van der Waals surface area contributed by atoms with Gasteiger partial charge in [-0.3, -0.25) is 4.79 Å². The third-order valence-electron chi connectivity index (χ3n) is 3.12. The maximum Gasteiger partial charge on any atom is 0.159 e. The van der Waals surface area contributed by atoms with Crippen molar-refractivity contribution in [1.82, 2.24) is 0 Å². The van der Waals surface area contributed by atoms with Gasteiger partial charge in [0.25, 0.3) is 0 Å². The molecule has 1 rings (SSSR count). The maximum absolute atomic E-state index is 11.1. The number of anilines is 1. The van der Waals surface area contributed by atoms with E-state index in [4.69, 9.17) is 5.11 Å². The molecule has 0 amide bonds. The minimum Gasteiger partial charge on any atom is -0.396 e. The summed E-state index contributed by atoms with van der Waals surface area (Å²) in [5.74, 6) is 0.596. The first-order valence-electron chi connectivity index (χ1n) is 6.63. The Bertz CT molecular complexity index is 353. The zero-order valence-electron chi connectivity index (χ0n) is 11.3. The number of carbonyl (C=O) groups excluding carboxylic acids is 1. The summed E-state index contributed by atoms with van der Waals surface area (Å²) < 4.78 is 0. The lowest BCUT2D eigenvalue weighted by atomic mass is 10.00. The van der Waals surface area contributed by atoms with Gasteiger partial charge in [-0.15, -0.1) is 0 Å². The molecular formula is C15H23NO2. The van der Waals surface area contributed by atoms with E-state index in [9.17, 15) is 4.79 Å². The van der Waals surface area contributed by atoms with Crippen LogP contribution in [0, 0.1) is 5.92 Å². The van der Waals surface area contributed by atoms with Crippen LogP contribution in [0.25, 0.3) is 0 Å². The number of benzene rings is 1. The average molecular weight is 249 g/mol. The van der Waals surface area contributed by atoms with Crippen molar-refractivity contribution in [2.24, 2.45) is 5.92 Å². The Kier molecular flexibility index (Phi) is 6.44. The van der Waals surface area contributed by atoms with Crippen LogP contribution < -0.4 is 5.32 Å². The summed E-state index contributed by atoms with van der Waals surface area (Å²) in [5.41, 5.74) is 1.76. The van der Waals surface area contributed by atoms with Gasteiger partial charge in [-0.25, -0.2) is 0 Å². The zero-order chi connectivity index (χ0) is 13.4. The highest BCUT2D eigenvalue weighted by Crippen LogP contribution is 2.14. The van der Waals surface area contributed by atoms with Gasteiger partial charge in [-0.2, -0.15) is 0 Å². The number of hydrogen-bond donors (Lipinski definition) is 2. The summed E-state index contributed by atoms with van der Waals surface area (Å²) in [5, 5.41) is 12.4. The molecule has 3 nitrogen and oxygen atoms in total. The van der Waals surface area contributed by atoms with Crippen LogP contribution in [-0.2, 0) is 0 Å². The third kappa shape index (κ3) is 4.88. The Labute approximate surface area is 109 Å². The molecule has 1 aromatic carbocycles. The van der Waals surface area contributed by atoms with Crippen LogP contribution in [0.2, 0.25) is 0 Å². The van der Waals surface area contributed by atoms with Crippen molar-refractivity contribution >= 4 is 11.5 Å². The smallest absolute Gasteiger partial charge is 0.159 e. The topological polar surface area (TPSA) is 49.3 Å². The van der Waals surface area contributed by atoms with Gasteiger partial charge in [0.2, 0.25) is 0 Å². The molecular weight excluding hydrogens is 226 g/mol. The number of nitrogens with one attached hydrogen (secondary N) is 1. The van der Waals surface area contributed by atoms with E-state index in [1.54, 1.807) is 6.92 Å². The second-order valence-electron chi connectivity index (χ2n) is 4.68. The summed E-state index contributed by atoms with van der Waals surface area (Å²) >= 11 is 0. The molecule has 0 aliphatic heterocycles. The van der Waals surface area contributed by atoms with Crippen LogP contribution in [-0.4, -0.2) is 24.0 Å². The highest BCUT2D eigenvalue weighted by atomic mass is 16.3. The van der Waals surface area contributed by atoms with E-state index >= 15 is 0 Å². The first-order valence-corrected chi connectivity index (χ1v) is 6.63. The van der Waals surface area contributed by atoms with Crippen LogP contribution >= 0.6 is 0 Å². The fourth-order valence-electron chi connectivity index (χ4n) is 2.02. The lowest BCUT2D eigenvalue weighted by molar-refractivity contribution is 0.101. The Morgan fingerprint density at radius 3 is 2.44 bits per heavy atom. The Morgan fingerprint density at radius 1 is 1.28 bits per heavy atom. The van der Waals surface area contributed by atoms with Crippen molar-refractivity contribution in [3.63, 3.8) is 0 Å². The quantitative estimate of drug-likeness (QED) is 0.696. The van der Waals surface area contributed by atoms with E-state index in [-0.39, 0.29) is 12.4 Å². The predicted octanol–water partition coefficient (Wildman–Crippen LogP) is 3.10. The van der Waals surface area contributed by atoms with Gasteiger partial charge >= 0.3 is 0 Å². The Balaban J connectivity index is 2.48. The number of ketones is 1. The molecule has 0 spiro atoms. The lowest BCUT2D eigenvalue weighted by Crippen LogP contribution is -2.15. The molecule has 0 aliphatic rings. The highest BCUT2D eigenvalue weighted by Gasteiger charge is 2.07. The summed E-state index contributed by atoms with van der Waals surface area (Å²) in [6, 6.07) is 7.54. The molecule has 0 aliphatic carbocycles. The van der Waals surface area contributed by atoms with Crippen LogP contribution in [0.4, 0.5) is 5.69 Å². The van der Waals surface area contributed by atoms with Crippen LogP contribution in [0.1, 0.15) is 43.5 Å². The second kappa shape index (κ2) is 7.88. The number of rotatable bonds is 8. The van der Waals surface area contributed by atoms with E-state index in [2.05, 4.69) is 12.2 Å². The van der Waals surface area contributed by atoms with E-state index in [1.165, 1.54) is 0 Å². The number of aliphatic hydroxyl groups is 1. The van der Waals surface area contributed by atoms with Crippen LogP contribution in [0.5, 0.6) is 0 Å². The summed E-state index contributed by atoms with van der Waals surface area (Å²) in [6.07, 6.45) is 3.10. The minimum absolute atomic E-state index is 0.0886. The van der Waals surface area contributed by atoms with Crippen molar-refractivity contribution in [3.8, 4) is 0 Å².